The Morgan fingerprint density at radius 2 is 2.11 bits per heavy atom. The lowest BCUT2D eigenvalue weighted by atomic mass is 9.78. The lowest BCUT2D eigenvalue weighted by Crippen LogP contribution is -2.58. The lowest BCUT2D eigenvalue weighted by molar-refractivity contribution is -0.153. The van der Waals surface area contributed by atoms with Gasteiger partial charge in [-0.1, -0.05) is 12.8 Å². The maximum atomic E-state index is 12.8. The normalized spacial score (nSPS) is 32.3. The fraction of sp³-hybridized carbons (Fsp3) is 0.929. The summed E-state index contributed by atoms with van der Waals surface area (Å²) in [4.78, 5) is 14.8. The van der Waals surface area contributed by atoms with Gasteiger partial charge in [-0.05, 0) is 39.2 Å². The van der Waals surface area contributed by atoms with E-state index in [2.05, 4.69) is 13.8 Å². The first-order chi connectivity index (χ1) is 8.56. The summed E-state index contributed by atoms with van der Waals surface area (Å²) in [5.41, 5.74) is 5.66. The third-order valence-corrected chi connectivity index (χ3v) is 4.44. The van der Waals surface area contributed by atoms with Gasteiger partial charge in [0.2, 0.25) is 5.91 Å². The fourth-order valence-corrected chi connectivity index (χ4v) is 3.28. The first-order valence-electron chi connectivity index (χ1n) is 7.15. The molecule has 1 heterocycles. The standard InChI is InChI=1S/C14H26N2O2/c1-14(2)10-18-8-7-16(14)13(17)12-6-4-3-5-11(12)9-15/h11-12H,3-10,15H2,1-2H3. The summed E-state index contributed by atoms with van der Waals surface area (Å²) >= 11 is 0. The van der Waals surface area contributed by atoms with Crippen molar-refractivity contribution in [3.05, 3.63) is 0 Å². The Morgan fingerprint density at radius 3 is 2.78 bits per heavy atom. The molecule has 2 atom stereocenters. The summed E-state index contributed by atoms with van der Waals surface area (Å²) in [5.74, 6) is 0.824. The average Bonchev–Trinajstić information content (AvgIpc) is 2.37. The molecule has 0 aromatic rings. The van der Waals surface area contributed by atoms with Crippen LogP contribution in [0.25, 0.3) is 0 Å². The fourth-order valence-electron chi connectivity index (χ4n) is 3.28. The highest BCUT2D eigenvalue weighted by atomic mass is 16.5. The third-order valence-electron chi connectivity index (χ3n) is 4.44. The molecule has 1 aliphatic heterocycles. The second-order valence-electron chi connectivity index (χ2n) is 6.24. The van der Waals surface area contributed by atoms with E-state index in [4.69, 9.17) is 10.5 Å². The quantitative estimate of drug-likeness (QED) is 0.810. The molecule has 0 spiro atoms. The Morgan fingerprint density at radius 1 is 1.39 bits per heavy atom. The van der Waals surface area contributed by atoms with Crippen molar-refractivity contribution in [2.24, 2.45) is 17.6 Å². The zero-order valence-corrected chi connectivity index (χ0v) is 11.7. The van der Waals surface area contributed by atoms with E-state index in [1.807, 2.05) is 4.90 Å². The number of hydrogen-bond donors (Lipinski definition) is 1. The zero-order valence-electron chi connectivity index (χ0n) is 11.7. The summed E-state index contributed by atoms with van der Waals surface area (Å²) in [5, 5.41) is 0. The van der Waals surface area contributed by atoms with Crippen molar-refractivity contribution in [2.75, 3.05) is 26.3 Å². The number of morpholine rings is 1. The predicted molar refractivity (Wildman–Crippen MR) is 71.1 cm³/mol. The van der Waals surface area contributed by atoms with Gasteiger partial charge >= 0.3 is 0 Å². The summed E-state index contributed by atoms with van der Waals surface area (Å²) in [7, 11) is 0. The summed E-state index contributed by atoms with van der Waals surface area (Å²) in [6, 6.07) is 0. The Bertz CT molecular complexity index is 304. The zero-order chi connectivity index (χ0) is 13.2. The van der Waals surface area contributed by atoms with Crippen molar-refractivity contribution in [1.82, 2.24) is 4.90 Å². The third kappa shape index (κ3) is 2.69. The lowest BCUT2D eigenvalue weighted by Gasteiger charge is -2.45. The highest BCUT2D eigenvalue weighted by molar-refractivity contribution is 5.80. The Hall–Kier alpha value is -0.610. The Kier molecular flexibility index (Phi) is 4.28. The van der Waals surface area contributed by atoms with Crippen molar-refractivity contribution in [1.29, 1.82) is 0 Å². The van der Waals surface area contributed by atoms with Gasteiger partial charge in [0.05, 0.1) is 18.8 Å². The number of ether oxygens (including phenoxy) is 1. The molecule has 2 aliphatic rings. The van der Waals surface area contributed by atoms with Crippen LogP contribution in [-0.4, -0.2) is 42.6 Å². The van der Waals surface area contributed by atoms with Gasteiger partial charge in [0.25, 0.3) is 0 Å². The number of nitrogens with two attached hydrogens (primary N) is 1. The molecule has 0 aromatic heterocycles. The van der Waals surface area contributed by atoms with Gasteiger partial charge in [-0.25, -0.2) is 0 Å². The average molecular weight is 254 g/mol. The second kappa shape index (κ2) is 5.57. The minimum absolute atomic E-state index is 0.140. The summed E-state index contributed by atoms with van der Waals surface area (Å²) in [6.07, 6.45) is 4.50. The van der Waals surface area contributed by atoms with E-state index in [9.17, 15) is 4.79 Å². The Balaban J connectivity index is 2.09. The topological polar surface area (TPSA) is 55.6 Å². The van der Waals surface area contributed by atoms with Crippen LogP contribution in [0.3, 0.4) is 0 Å². The first kappa shape index (κ1) is 13.8. The van der Waals surface area contributed by atoms with E-state index in [0.29, 0.717) is 31.6 Å². The monoisotopic (exact) mass is 254 g/mol. The van der Waals surface area contributed by atoms with Crippen LogP contribution in [0.5, 0.6) is 0 Å². The number of rotatable bonds is 2. The number of carbonyl (C=O) groups excluding carboxylic acids is 1. The first-order valence-corrected chi connectivity index (χ1v) is 7.15. The maximum Gasteiger partial charge on any atom is 0.226 e. The van der Waals surface area contributed by atoms with Gasteiger partial charge < -0.3 is 15.4 Å². The molecule has 2 rings (SSSR count). The van der Waals surface area contributed by atoms with Crippen LogP contribution in [0.15, 0.2) is 0 Å². The summed E-state index contributed by atoms with van der Waals surface area (Å²) < 4.78 is 5.49. The number of amides is 1. The molecule has 104 valence electrons. The molecule has 4 nitrogen and oxygen atoms in total. The maximum absolute atomic E-state index is 12.8. The molecule has 1 aliphatic carbocycles. The second-order valence-corrected chi connectivity index (χ2v) is 6.24. The van der Waals surface area contributed by atoms with E-state index in [0.717, 1.165) is 25.8 Å². The predicted octanol–water partition coefficient (Wildman–Crippen LogP) is 1.39. The van der Waals surface area contributed by atoms with Crippen molar-refractivity contribution in [3.63, 3.8) is 0 Å². The highest BCUT2D eigenvalue weighted by Crippen LogP contribution is 2.33. The molecule has 0 radical (unpaired) electrons. The minimum atomic E-state index is -0.175. The molecule has 2 unspecified atom stereocenters. The van der Waals surface area contributed by atoms with Gasteiger partial charge in [-0.3, -0.25) is 4.79 Å². The smallest absolute Gasteiger partial charge is 0.226 e. The molecule has 4 heteroatoms. The van der Waals surface area contributed by atoms with Crippen molar-refractivity contribution >= 4 is 5.91 Å². The van der Waals surface area contributed by atoms with Gasteiger partial charge in [0, 0.05) is 12.5 Å². The molecule has 1 saturated heterocycles. The van der Waals surface area contributed by atoms with Gasteiger partial charge in [-0.2, -0.15) is 0 Å². The molecule has 1 saturated carbocycles. The van der Waals surface area contributed by atoms with Crippen LogP contribution in [0.4, 0.5) is 0 Å². The molecular weight excluding hydrogens is 228 g/mol. The van der Waals surface area contributed by atoms with E-state index in [1.54, 1.807) is 0 Å². The van der Waals surface area contributed by atoms with E-state index < -0.39 is 0 Å². The van der Waals surface area contributed by atoms with Crippen molar-refractivity contribution in [3.8, 4) is 0 Å². The number of nitrogens with zero attached hydrogens (tertiary/aromatic N) is 1. The Labute approximate surface area is 110 Å². The highest BCUT2D eigenvalue weighted by Gasteiger charge is 2.40. The largest absolute Gasteiger partial charge is 0.377 e. The minimum Gasteiger partial charge on any atom is -0.377 e. The van der Waals surface area contributed by atoms with Crippen molar-refractivity contribution in [2.45, 2.75) is 45.1 Å². The number of carbonyl (C=O) groups is 1. The van der Waals surface area contributed by atoms with E-state index in [-0.39, 0.29) is 11.5 Å². The van der Waals surface area contributed by atoms with Crippen LogP contribution in [0.2, 0.25) is 0 Å². The molecule has 18 heavy (non-hydrogen) atoms. The molecule has 2 N–H and O–H groups in total. The SMILES string of the molecule is CC1(C)COCCN1C(=O)C1CCCCC1CN. The van der Waals surface area contributed by atoms with Crippen LogP contribution in [0, 0.1) is 11.8 Å². The molecule has 2 fully saturated rings. The van der Waals surface area contributed by atoms with Crippen LogP contribution < -0.4 is 5.73 Å². The molecule has 0 aromatic carbocycles. The van der Waals surface area contributed by atoms with Gasteiger partial charge in [-0.15, -0.1) is 0 Å². The summed E-state index contributed by atoms with van der Waals surface area (Å²) in [6.45, 7) is 6.84. The van der Waals surface area contributed by atoms with Crippen molar-refractivity contribution < 1.29 is 9.53 Å². The van der Waals surface area contributed by atoms with Crippen LogP contribution >= 0.6 is 0 Å². The van der Waals surface area contributed by atoms with Crippen LogP contribution in [0.1, 0.15) is 39.5 Å². The van der Waals surface area contributed by atoms with Crippen LogP contribution in [-0.2, 0) is 9.53 Å². The molecular formula is C14H26N2O2. The van der Waals surface area contributed by atoms with E-state index in [1.165, 1.54) is 6.42 Å². The van der Waals surface area contributed by atoms with E-state index >= 15 is 0 Å². The number of hydrogen-bond acceptors (Lipinski definition) is 3. The van der Waals surface area contributed by atoms with Gasteiger partial charge in [0.1, 0.15) is 0 Å². The van der Waals surface area contributed by atoms with Gasteiger partial charge in [0.15, 0.2) is 0 Å². The molecule has 1 amide bonds. The molecule has 0 bridgehead atoms.